The summed E-state index contributed by atoms with van der Waals surface area (Å²) in [5.74, 6) is 1.42. The molecule has 0 bridgehead atoms. The van der Waals surface area contributed by atoms with E-state index < -0.39 is 16.1 Å². The largest absolute Gasteiger partial charge is 0.305 e. The quantitative estimate of drug-likeness (QED) is 0.169. The minimum absolute atomic E-state index is 0.0560. The molecule has 0 amide bonds. The number of carbonyl (C=O) groups excluding carboxylic acids is 2. The molecular formula is C24H34O2S3Si2. The van der Waals surface area contributed by atoms with E-state index in [0.29, 0.717) is 10.8 Å². The Morgan fingerprint density at radius 3 is 1.26 bits per heavy atom. The van der Waals surface area contributed by atoms with Gasteiger partial charge in [0.15, 0.2) is 0 Å². The van der Waals surface area contributed by atoms with Gasteiger partial charge in [0.2, 0.25) is 0 Å². The number of hydrogen-bond acceptors (Lipinski definition) is 5. The Kier molecular flexibility index (Phi) is 10.2. The van der Waals surface area contributed by atoms with Gasteiger partial charge in [-0.05, 0) is 21.0 Å². The molecule has 2 nitrogen and oxygen atoms in total. The lowest BCUT2D eigenvalue weighted by atomic mass is 10.0. The standard InChI is InChI=1S/C24H34O2S3Si2/c1-30(2,3)23(25)21(19-13-9-7-10-14-19)17-27-29-28-18-22(24(26)31(4,5)6)20-15-11-8-12-16-20/h7-16,21-22H,17-18H2,1-6H3. The predicted molar refractivity (Wildman–Crippen MR) is 148 cm³/mol. The summed E-state index contributed by atoms with van der Waals surface area (Å²) in [5, 5.41) is 0.820. The Balaban J connectivity index is 2.00. The van der Waals surface area contributed by atoms with Crippen LogP contribution in [-0.4, -0.2) is 38.5 Å². The zero-order valence-electron chi connectivity index (χ0n) is 19.4. The van der Waals surface area contributed by atoms with E-state index in [0.717, 1.165) is 22.6 Å². The molecule has 2 unspecified atom stereocenters. The number of benzene rings is 2. The molecule has 0 fully saturated rings. The van der Waals surface area contributed by atoms with Crippen molar-refractivity contribution in [1.82, 2.24) is 0 Å². The van der Waals surface area contributed by atoms with E-state index in [-0.39, 0.29) is 11.8 Å². The molecular weight excluding hydrogens is 473 g/mol. The van der Waals surface area contributed by atoms with Crippen LogP contribution in [-0.2, 0) is 9.59 Å². The first-order valence-electron chi connectivity index (χ1n) is 10.6. The van der Waals surface area contributed by atoms with E-state index in [1.165, 1.54) is 0 Å². The van der Waals surface area contributed by atoms with Gasteiger partial charge in [-0.25, -0.2) is 0 Å². The molecule has 2 atom stereocenters. The first-order valence-corrected chi connectivity index (χ1v) is 21.4. The molecule has 0 heterocycles. The first kappa shape index (κ1) is 26.5. The van der Waals surface area contributed by atoms with Crippen LogP contribution in [0.5, 0.6) is 0 Å². The second-order valence-electron chi connectivity index (χ2n) is 9.79. The van der Waals surface area contributed by atoms with Crippen LogP contribution in [0, 0.1) is 0 Å². The van der Waals surface area contributed by atoms with Crippen LogP contribution in [0.15, 0.2) is 60.7 Å². The molecule has 0 radical (unpaired) electrons. The van der Waals surface area contributed by atoms with Crippen molar-refractivity contribution in [2.75, 3.05) is 11.5 Å². The molecule has 7 heteroatoms. The predicted octanol–water partition coefficient (Wildman–Crippen LogP) is 7.48. The fraction of sp³-hybridized carbons (Fsp3) is 0.417. The molecule has 168 valence electrons. The maximum Gasteiger partial charge on any atom is 0.124 e. The third-order valence-corrected chi connectivity index (χ3v) is 13.0. The fourth-order valence-corrected chi connectivity index (χ4v) is 10.3. The highest BCUT2D eigenvalue weighted by Gasteiger charge is 2.33. The van der Waals surface area contributed by atoms with Gasteiger partial charge in [-0.2, -0.15) is 0 Å². The summed E-state index contributed by atoms with van der Waals surface area (Å²) in [7, 11) is 1.43. The molecule has 0 aliphatic carbocycles. The lowest BCUT2D eigenvalue weighted by Gasteiger charge is -2.24. The summed E-state index contributed by atoms with van der Waals surface area (Å²) in [6.45, 7) is 12.8. The van der Waals surface area contributed by atoms with Crippen molar-refractivity contribution in [3.63, 3.8) is 0 Å². The third kappa shape index (κ3) is 8.28. The minimum atomic E-state index is -1.88. The first-order chi connectivity index (χ1) is 14.5. The summed E-state index contributed by atoms with van der Waals surface area (Å²) < 4.78 is 0. The molecule has 0 N–H and O–H groups in total. The Morgan fingerprint density at radius 2 is 0.968 bits per heavy atom. The Morgan fingerprint density at radius 1 is 0.645 bits per heavy atom. The van der Waals surface area contributed by atoms with E-state index in [2.05, 4.69) is 63.5 Å². The Bertz CT molecular complexity index is 775. The van der Waals surface area contributed by atoms with E-state index >= 15 is 0 Å². The van der Waals surface area contributed by atoms with Crippen LogP contribution >= 0.6 is 31.4 Å². The van der Waals surface area contributed by atoms with E-state index in [9.17, 15) is 9.59 Å². The average molecular weight is 507 g/mol. The van der Waals surface area contributed by atoms with Gasteiger partial charge in [-0.15, -0.1) is 0 Å². The molecule has 0 aliphatic rings. The highest BCUT2D eigenvalue weighted by atomic mass is 33.5. The van der Waals surface area contributed by atoms with E-state index in [1.807, 2.05) is 36.4 Å². The van der Waals surface area contributed by atoms with Crippen molar-refractivity contribution in [2.45, 2.75) is 51.1 Å². The third-order valence-electron chi connectivity index (χ3n) is 5.08. The van der Waals surface area contributed by atoms with Crippen LogP contribution in [0.25, 0.3) is 0 Å². The smallest absolute Gasteiger partial charge is 0.124 e. The normalized spacial score (nSPS) is 14.1. The average Bonchev–Trinajstić information content (AvgIpc) is 2.72. The van der Waals surface area contributed by atoms with Crippen LogP contribution in [0.2, 0.25) is 39.3 Å². The monoisotopic (exact) mass is 506 g/mol. The Hall–Kier alpha value is -0.736. The van der Waals surface area contributed by atoms with Crippen molar-refractivity contribution >= 4 is 58.4 Å². The maximum atomic E-state index is 13.1. The summed E-state index contributed by atoms with van der Waals surface area (Å²) >= 11 is 0. The molecule has 0 aliphatic heterocycles. The van der Waals surface area contributed by atoms with Gasteiger partial charge in [0.05, 0.1) is 0 Å². The van der Waals surface area contributed by atoms with Crippen molar-refractivity contribution in [3.8, 4) is 0 Å². The topological polar surface area (TPSA) is 34.1 Å². The summed E-state index contributed by atoms with van der Waals surface area (Å²) in [6.07, 6.45) is 0. The van der Waals surface area contributed by atoms with Gasteiger partial charge in [-0.1, -0.05) is 122 Å². The van der Waals surface area contributed by atoms with Crippen LogP contribution < -0.4 is 0 Å². The van der Waals surface area contributed by atoms with Gasteiger partial charge in [0, 0.05) is 23.3 Å². The minimum Gasteiger partial charge on any atom is -0.305 e. The van der Waals surface area contributed by atoms with Crippen molar-refractivity contribution in [3.05, 3.63) is 71.8 Å². The molecule has 2 aromatic rings. The lowest BCUT2D eigenvalue weighted by molar-refractivity contribution is -0.114. The van der Waals surface area contributed by atoms with Crippen LogP contribution in [0.3, 0.4) is 0 Å². The number of hydrogen-bond donors (Lipinski definition) is 0. The van der Waals surface area contributed by atoms with Gasteiger partial charge in [0.1, 0.15) is 27.0 Å². The molecule has 0 saturated carbocycles. The molecule has 31 heavy (non-hydrogen) atoms. The fourth-order valence-electron chi connectivity index (χ4n) is 3.29. The highest BCUT2D eigenvalue weighted by Crippen LogP contribution is 2.41. The molecule has 0 saturated heterocycles. The van der Waals surface area contributed by atoms with Crippen molar-refractivity contribution < 1.29 is 9.59 Å². The number of rotatable bonds is 12. The van der Waals surface area contributed by atoms with E-state index in [1.54, 1.807) is 31.4 Å². The molecule has 2 rings (SSSR count). The summed E-state index contributed by atoms with van der Waals surface area (Å²) in [6, 6.07) is 20.3. The zero-order valence-corrected chi connectivity index (χ0v) is 23.8. The summed E-state index contributed by atoms with van der Waals surface area (Å²) in [4.78, 5) is 26.2. The zero-order chi connectivity index (χ0) is 23.1. The van der Waals surface area contributed by atoms with Crippen LogP contribution in [0.1, 0.15) is 23.0 Å². The molecule has 0 aromatic heterocycles. The van der Waals surface area contributed by atoms with Crippen molar-refractivity contribution in [1.29, 1.82) is 0 Å². The number of carbonyl (C=O) groups is 2. The molecule has 0 spiro atoms. The second kappa shape index (κ2) is 11.9. The van der Waals surface area contributed by atoms with Crippen molar-refractivity contribution in [2.24, 2.45) is 0 Å². The highest BCUT2D eigenvalue weighted by molar-refractivity contribution is 9.09. The SMILES string of the molecule is C[Si](C)(C)C(=O)C(CSSSCC(C(=O)[Si](C)(C)C)c1ccccc1)c1ccccc1. The van der Waals surface area contributed by atoms with Gasteiger partial charge < -0.3 is 9.59 Å². The second-order valence-corrected chi connectivity index (χ2v) is 24.1. The maximum absolute atomic E-state index is 13.1. The van der Waals surface area contributed by atoms with E-state index in [4.69, 9.17) is 0 Å². The van der Waals surface area contributed by atoms with Gasteiger partial charge in [-0.3, -0.25) is 0 Å². The summed E-state index contributed by atoms with van der Waals surface area (Å²) in [5.41, 5.74) is 2.23. The lowest BCUT2D eigenvalue weighted by Crippen LogP contribution is -2.38. The molecule has 2 aromatic carbocycles. The van der Waals surface area contributed by atoms with Gasteiger partial charge >= 0.3 is 0 Å². The van der Waals surface area contributed by atoms with Gasteiger partial charge in [0.25, 0.3) is 0 Å². The Labute approximate surface area is 201 Å². The van der Waals surface area contributed by atoms with Crippen LogP contribution in [0.4, 0.5) is 0 Å².